The molecule has 2 aliphatic rings. The van der Waals surface area contributed by atoms with Crippen LogP contribution in [-0.4, -0.2) is 4.33 Å². The topological polar surface area (TPSA) is 35.0 Å². The fourth-order valence-electron chi connectivity index (χ4n) is 1.06. The van der Waals surface area contributed by atoms with E-state index in [9.17, 15) is 0 Å². The maximum atomic E-state index is 5.90. The molecule has 0 amide bonds. The highest BCUT2D eigenvalue weighted by atomic mass is 35.5. The van der Waals surface area contributed by atoms with Crippen molar-refractivity contribution in [2.24, 2.45) is 0 Å². The molecule has 3 N–H and O–H groups in total. The Bertz CT molecular complexity index is 226. The minimum absolute atomic E-state index is 0. The van der Waals surface area contributed by atoms with Crippen molar-refractivity contribution in [1.29, 1.82) is 0 Å². The highest BCUT2D eigenvalue weighted by molar-refractivity contribution is 6.53. The summed E-state index contributed by atoms with van der Waals surface area (Å²) in [6.07, 6.45) is 7.76. The molecule has 0 unspecified atom stereocenters. The Balaban J connectivity index is 0.000000500. The molecule has 4 heteroatoms. The first kappa shape index (κ1) is 11.1. The molecule has 2 aliphatic carbocycles. The van der Waals surface area contributed by atoms with Crippen LogP contribution in [0.1, 0.15) is 0 Å². The highest BCUT2D eigenvalue weighted by Gasteiger charge is 2.37. The van der Waals surface area contributed by atoms with Crippen LogP contribution in [0, 0.1) is 0 Å². The molecule has 0 radical (unpaired) electrons. The van der Waals surface area contributed by atoms with Gasteiger partial charge in [-0.25, -0.2) is 0 Å². The lowest BCUT2D eigenvalue weighted by atomic mass is 10.2. The van der Waals surface area contributed by atoms with Gasteiger partial charge in [-0.15, -0.1) is 12.4 Å². The Hall–Kier alpha value is 0.0500. The van der Waals surface area contributed by atoms with Crippen molar-refractivity contribution in [1.82, 2.24) is 6.15 Å². The van der Waals surface area contributed by atoms with Crippen molar-refractivity contribution in [2.45, 2.75) is 4.33 Å². The summed E-state index contributed by atoms with van der Waals surface area (Å²) in [4.78, 5) is 0. The normalized spacial score (nSPS) is 21.6. The van der Waals surface area contributed by atoms with Crippen molar-refractivity contribution >= 4 is 35.6 Å². The van der Waals surface area contributed by atoms with Gasteiger partial charge < -0.3 is 6.15 Å². The average molecular weight is 213 g/mol. The number of allylic oxidation sites excluding steroid dienone is 6. The van der Waals surface area contributed by atoms with Gasteiger partial charge in [-0.05, 0) is 11.1 Å². The minimum Gasteiger partial charge on any atom is -0.344 e. The Morgan fingerprint density at radius 1 is 1.00 bits per heavy atom. The summed E-state index contributed by atoms with van der Waals surface area (Å²) in [5.74, 6) is 0. The zero-order chi connectivity index (χ0) is 6.48. The van der Waals surface area contributed by atoms with Gasteiger partial charge in [0.15, 0.2) is 4.33 Å². The van der Waals surface area contributed by atoms with E-state index in [-0.39, 0.29) is 18.6 Å². The second-order valence-corrected chi connectivity index (χ2v) is 3.48. The SMILES string of the molecule is Cl.ClC1(Cl)C2=CC=C1C=C2.N. The number of rotatable bonds is 0. The number of hydrogen-bond acceptors (Lipinski definition) is 1. The van der Waals surface area contributed by atoms with Crippen LogP contribution in [0.2, 0.25) is 0 Å². The van der Waals surface area contributed by atoms with Gasteiger partial charge in [-0.2, -0.15) is 0 Å². The number of halogens is 3. The van der Waals surface area contributed by atoms with Crippen LogP contribution in [0.3, 0.4) is 0 Å². The van der Waals surface area contributed by atoms with Crippen molar-refractivity contribution in [3.8, 4) is 0 Å². The van der Waals surface area contributed by atoms with E-state index in [1.54, 1.807) is 0 Å². The van der Waals surface area contributed by atoms with E-state index in [0.29, 0.717) is 0 Å². The van der Waals surface area contributed by atoms with Crippen molar-refractivity contribution in [3.63, 3.8) is 0 Å². The maximum Gasteiger partial charge on any atom is 0.168 e. The fourth-order valence-corrected chi connectivity index (χ4v) is 1.56. The molecule has 0 saturated heterocycles. The summed E-state index contributed by atoms with van der Waals surface area (Å²) < 4.78 is -0.722. The van der Waals surface area contributed by atoms with E-state index < -0.39 is 4.33 Å². The minimum atomic E-state index is -0.722. The predicted molar refractivity (Wildman–Crippen MR) is 52.0 cm³/mol. The Kier molecular flexibility index (Phi) is 3.21. The summed E-state index contributed by atoms with van der Waals surface area (Å²) in [7, 11) is 0. The molecule has 0 heterocycles. The first-order valence-corrected chi connectivity index (χ1v) is 3.46. The smallest absolute Gasteiger partial charge is 0.168 e. The van der Waals surface area contributed by atoms with Gasteiger partial charge in [0, 0.05) is 0 Å². The first-order valence-electron chi connectivity index (χ1n) is 2.70. The van der Waals surface area contributed by atoms with Gasteiger partial charge in [0.05, 0.1) is 0 Å². The lowest BCUT2D eigenvalue weighted by Gasteiger charge is -2.10. The fraction of sp³-hybridized carbons (Fsp3) is 0.143. The Labute approximate surface area is 81.7 Å². The van der Waals surface area contributed by atoms with Crippen LogP contribution >= 0.6 is 35.6 Å². The number of hydrogen-bond donors (Lipinski definition) is 1. The molecule has 0 aromatic heterocycles. The van der Waals surface area contributed by atoms with E-state index in [1.165, 1.54) is 0 Å². The summed E-state index contributed by atoms with van der Waals surface area (Å²) in [6, 6.07) is 0. The van der Waals surface area contributed by atoms with Crippen LogP contribution < -0.4 is 6.15 Å². The standard InChI is InChI=1S/C7H4Cl2.ClH.H3N/c8-7(9)5-1-2-6(7)4-3-5;;/h1-4H;1H;1H3. The van der Waals surface area contributed by atoms with Crippen LogP contribution in [0.25, 0.3) is 0 Å². The van der Waals surface area contributed by atoms with E-state index >= 15 is 0 Å². The molecule has 0 aromatic carbocycles. The maximum absolute atomic E-state index is 5.90. The molecule has 0 spiro atoms. The Morgan fingerprint density at radius 2 is 1.36 bits per heavy atom. The zero-order valence-corrected chi connectivity index (χ0v) is 8.01. The summed E-state index contributed by atoms with van der Waals surface area (Å²) in [6.45, 7) is 0. The quantitative estimate of drug-likeness (QED) is 0.615. The van der Waals surface area contributed by atoms with Gasteiger partial charge in [0.1, 0.15) is 0 Å². The summed E-state index contributed by atoms with van der Waals surface area (Å²) in [5.41, 5.74) is 1.97. The number of alkyl halides is 2. The molecular weight excluding hydrogens is 204 g/mol. The number of fused-ring (bicyclic) bond motifs is 2. The third kappa shape index (κ3) is 1.34. The lowest BCUT2D eigenvalue weighted by molar-refractivity contribution is 1.21. The summed E-state index contributed by atoms with van der Waals surface area (Å²) in [5, 5.41) is 0. The molecule has 62 valence electrons. The monoisotopic (exact) mass is 211 g/mol. The molecule has 0 aliphatic heterocycles. The third-order valence-electron chi connectivity index (χ3n) is 1.61. The van der Waals surface area contributed by atoms with Gasteiger partial charge in [-0.3, -0.25) is 0 Å². The largest absolute Gasteiger partial charge is 0.344 e. The van der Waals surface area contributed by atoms with E-state index in [4.69, 9.17) is 23.2 Å². The third-order valence-corrected chi connectivity index (χ3v) is 2.48. The van der Waals surface area contributed by atoms with Crippen molar-refractivity contribution < 1.29 is 0 Å². The van der Waals surface area contributed by atoms with Gasteiger partial charge >= 0.3 is 0 Å². The molecule has 11 heavy (non-hydrogen) atoms. The van der Waals surface area contributed by atoms with E-state index in [2.05, 4.69) is 0 Å². The van der Waals surface area contributed by atoms with Crippen LogP contribution in [-0.2, 0) is 0 Å². The van der Waals surface area contributed by atoms with Gasteiger partial charge in [0.2, 0.25) is 0 Å². The first-order chi connectivity index (χ1) is 4.21. The van der Waals surface area contributed by atoms with Crippen LogP contribution in [0.4, 0.5) is 0 Å². The lowest BCUT2D eigenvalue weighted by Crippen LogP contribution is -2.08. The van der Waals surface area contributed by atoms with E-state index in [1.807, 2.05) is 24.3 Å². The average Bonchev–Trinajstić information content (AvgIpc) is 2.24. The van der Waals surface area contributed by atoms with Crippen molar-refractivity contribution in [2.75, 3.05) is 0 Å². The van der Waals surface area contributed by atoms with Crippen LogP contribution in [0.15, 0.2) is 35.5 Å². The van der Waals surface area contributed by atoms with Gasteiger partial charge in [0.25, 0.3) is 0 Å². The summed E-state index contributed by atoms with van der Waals surface area (Å²) >= 11 is 11.8. The molecule has 0 aromatic rings. The molecule has 0 saturated carbocycles. The second-order valence-electron chi connectivity index (χ2n) is 2.15. The zero-order valence-electron chi connectivity index (χ0n) is 5.68. The van der Waals surface area contributed by atoms with Gasteiger partial charge in [-0.1, -0.05) is 47.5 Å². The predicted octanol–water partition coefficient (Wildman–Crippen LogP) is 3.18. The second kappa shape index (κ2) is 3.20. The van der Waals surface area contributed by atoms with Crippen LogP contribution in [0.5, 0.6) is 0 Å². The highest BCUT2D eigenvalue weighted by Crippen LogP contribution is 2.47. The molecule has 2 rings (SSSR count). The Morgan fingerprint density at radius 3 is 1.45 bits per heavy atom. The van der Waals surface area contributed by atoms with E-state index in [0.717, 1.165) is 11.1 Å². The molecular formula is C7H8Cl3N. The molecule has 0 fully saturated rings. The molecule has 1 nitrogen and oxygen atoms in total. The molecule has 0 atom stereocenters. The molecule has 2 bridgehead atoms. The van der Waals surface area contributed by atoms with Crippen molar-refractivity contribution in [3.05, 3.63) is 35.5 Å².